The fraction of sp³-hybridized carbons (Fsp3) is 0. The van der Waals surface area contributed by atoms with Crippen molar-refractivity contribution in [2.24, 2.45) is 0 Å². The van der Waals surface area contributed by atoms with Gasteiger partial charge in [-0.3, -0.25) is 4.72 Å². The molecule has 0 bridgehead atoms. The second-order valence-corrected chi connectivity index (χ2v) is 6.71. The summed E-state index contributed by atoms with van der Waals surface area (Å²) in [5.74, 6) is 0. The second kappa shape index (κ2) is 5.40. The molecule has 4 nitrogen and oxygen atoms in total. The van der Waals surface area contributed by atoms with Crippen molar-refractivity contribution in [3.63, 3.8) is 0 Å². The molecule has 0 fully saturated rings. The van der Waals surface area contributed by atoms with Crippen molar-refractivity contribution < 1.29 is 8.42 Å². The molecule has 0 radical (unpaired) electrons. The third kappa shape index (κ3) is 3.20. The van der Waals surface area contributed by atoms with Crippen LogP contribution in [0.3, 0.4) is 0 Å². The molecule has 0 amide bonds. The molecule has 0 atom stereocenters. The monoisotopic (exact) mass is 360 g/mol. The highest BCUT2D eigenvalue weighted by molar-refractivity contribution is 9.10. The lowest BCUT2D eigenvalue weighted by atomic mass is 10.3. The number of para-hydroxylation sites is 1. The first-order chi connectivity index (χ1) is 8.90. The number of sulfonamides is 1. The van der Waals surface area contributed by atoms with Gasteiger partial charge in [0.05, 0.1) is 21.3 Å². The molecule has 0 aliphatic heterocycles. The van der Waals surface area contributed by atoms with Crippen molar-refractivity contribution in [3.8, 4) is 0 Å². The van der Waals surface area contributed by atoms with Crippen molar-refractivity contribution in [1.29, 1.82) is 0 Å². The zero-order chi connectivity index (χ0) is 14.0. The lowest BCUT2D eigenvalue weighted by Gasteiger charge is -2.10. The van der Waals surface area contributed by atoms with Crippen LogP contribution in [0.25, 0.3) is 0 Å². The second-order valence-electron chi connectivity index (χ2n) is 3.77. The van der Waals surface area contributed by atoms with Gasteiger partial charge in [-0.25, -0.2) is 8.42 Å². The maximum atomic E-state index is 12.2. The lowest BCUT2D eigenvalue weighted by molar-refractivity contribution is 0.601. The highest BCUT2D eigenvalue weighted by Gasteiger charge is 2.16. The van der Waals surface area contributed by atoms with Crippen LogP contribution < -0.4 is 10.5 Å². The molecule has 2 rings (SSSR count). The minimum atomic E-state index is -3.69. The maximum absolute atomic E-state index is 12.2. The van der Waals surface area contributed by atoms with E-state index in [2.05, 4.69) is 20.7 Å². The summed E-state index contributed by atoms with van der Waals surface area (Å²) in [6.45, 7) is 0. The van der Waals surface area contributed by atoms with Crippen LogP contribution in [0.2, 0.25) is 5.02 Å². The molecule has 0 saturated heterocycles. The van der Waals surface area contributed by atoms with Crippen molar-refractivity contribution >= 4 is 48.9 Å². The first-order valence-corrected chi connectivity index (χ1v) is 7.88. The number of nitrogen functional groups attached to an aromatic ring is 1. The van der Waals surface area contributed by atoms with Crippen molar-refractivity contribution in [1.82, 2.24) is 0 Å². The number of hydrogen-bond donors (Lipinski definition) is 2. The summed E-state index contributed by atoms with van der Waals surface area (Å²) in [6.07, 6.45) is 0. The molecular formula is C12H10BrClN2O2S. The molecule has 100 valence electrons. The molecule has 0 aromatic heterocycles. The molecule has 0 spiro atoms. The quantitative estimate of drug-likeness (QED) is 0.822. The number of anilines is 2. The van der Waals surface area contributed by atoms with Gasteiger partial charge in [0.2, 0.25) is 0 Å². The van der Waals surface area contributed by atoms with E-state index in [1.807, 2.05) is 0 Å². The van der Waals surface area contributed by atoms with Gasteiger partial charge in [0.15, 0.2) is 0 Å². The van der Waals surface area contributed by atoms with E-state index < -0.39 is 10.0 Å². The number of halogens is 2. The number of rotatable bonds is 3. The van der Waals surface area contributed by atoms with E-state index in [9.17, 15) is 8.42 Å². The third-order valence-electron chi connectivity index (χ3n) is 2.40. The lowest BCUT2D eigenvalue weighted by Crippen LogP contribution is -2.13. The average Bonchev–Trinajstić information content (AvgIpc) is 2.35. The standard InChI is InChI=1S/C12H10BrClN2O2S/c13-9-3-1-2-4-12(9)16-19(17,18)8-5-6-10(14)11(15)7-8/h1-7,16H,15H2. The fourth-order valence-corrected chi connectivity index (χ4v) is 3.18. The summed E-state index contributed by atoms with van der Waals surface area (Å²) in [5, 5.41) is 0.319. The zero-order valence-corrected chi connectivity index (χ0v) is 12.8. The van der Waals surface area contributed by atoms with Gasteiger partial charge in [-0.05, 0) is 46.3 Å². The Morgan fingerprint density at radius 2 is 1.84 bits per heavy atom. The van der Waals surface area contributed by atoms with Gasteiger partial charge in [-0.15, -0.1) is 0 Å². The fourth-order valence-electron chi connectivity index (χ4n) is 1.44. The minimum Gasteiger partial charge on any atom is -0.397 e. The minimum absolute atomic E-state index is 0.0603. The van der Waals surface area contributed by atoms with Gasteiger partial charge in [-0.1, -0.05) is 23.7 Å². The van der Waals surface area contributed by atoms with Crippen molar-refractivity contribution in [2.75, 3.05) is 10.5 Å². The summed E-state index contributed by atoms with van der Waals surface area (Å²) in [5.41, 5.74) is 6.28. The third-order valence-corrected chi connectivity index (χ3v) is 4.79. The zero-order valence-electron chi connectivity index (χ0n) is 9.60. The highest BCUT2D eigenvalue weighted by Crippen LogP contribution is 2.27. The van der Waals surface area contributed by atoms with Crippen LogP contribution in [0.4, 0.5) is 11.4 Å². The Labute approximate surface area is 124 Å². The average molecular weight is 362 g/mol. The van der Waals surface area contributed by atoms with Gasteiger partial charge >= 0.3 is 0 Å². The summed E-state index contributed by atoms with van der Waals surface area (Å²) >= 11 is 9.04. The molecular weight excluding hydrogens is 352 g/mol. The van der Waals surface area contributed by atoms with E-state index in [1.54, 1.807) is 24.3 Å². The molecule has 0 unspecified atom stereocenters. The topological polar surface area (TPSA) is 72.2 Å². The predicted octanol–water partition coefficient (Wildman–Crippen LogP) is 3.49. The first kappa shape index (κ1) is 14.2. The summed E-state index contributed by atoms with van der Waals surface area (Å²) in [7, 11) is -3.69. The Kier molecular flexibility index (Phi) is 4.03. The largest absolute Gasteiger partial charge is 0.397 e. The number of hydrogen-bond acceptors (Lipinski definition) is 3. The maximum Gasteiger partial charge on any atom is 0.262 e. The molecule has 19 heavy (non-hydrogen) atoms. The molecule has 2 aromatic carbocycles. The van der Waals surface area contributed by atoms with Crippen LogP contribution in [-0.4, -0.2) is 8.42 Å². The smallest absolute Gasteiger partial charge is 0.262 e. The van der Waals surface area contributed by atoms with Crippen LogP contribution in [0, 0.1) is 0 Å². The first-order valence-electron chi connectivity index (χ1n) is 5.22. The number of nitrogens with one attached hydrogen (secondary N) is 1. The van der Waals surface area contributed by atoms with Crippen LogP contribution >= 0.6 is 27.5 Å². The van der Waals surface area contributed by atoms with Crippen LogP contribution in [-0.2, 0) is 10.0 Å². The Morgan fingerprint density at radius 3 is 2.47 bits per heavy atom. The molecule has 0 heterocycles. The van der Waals surface area contributed by atoms with Crippen molar-refractivity contribution in [3.05, 3.63) is 52.0 Å². The van der Waals surface area contributed by atoms with Crippen molar-refractivity contribution in [2.45, 2.75) is 4.90 Å². The molecule has 7 heteroatoms. The normalized spacial score (nSPS) is 11.3. The van der Waals surface area contributed by atoms with Gasteiger partial charge in [-0.2, -0.15) is 0 Å². The van der Waals surface area contributed by atoms with Gasteiger partial charge in [0, 0.05) is 4.47 Å². The van der Waals surface area contributed by atoms with Crippen LogP contribution in [0.1, 0.15) is 0 Å². The summed E-state index contributed by atoms with van der Waals surface area (Å²) in [4.78, 5) is 0.0603. The van der Waals surface area contributed by atoms with E-state index in [0.717, 1.165) is 0 Å². The Balaban J connectivity index is 2.38. The molecule has 0 saturated carbocycles. The highest BCUT2D eigenvalue weighted by atomic mass is 79.9. The predicted molar refractivity (Wildman–Crippen MR) is 80.8 cm³/mol. The van der Waals surface area contributed by atoms with Gasteiger partial charge < -0.3 is 5.73 Å². The van der Waals surface area contributed by atoms with E-state index in [4.69, 9.17) is 17.3 Å². The summed E-state index contributed by atoms with van der Waals surface area (Å²) < 4.78 is 27.5. The van der Waals surface area contributed by atoms with E-state index in [0.29, 0.717) is 15.2 Å². The van der Waals surface area contributed by atoms with Gasteiger partial charge in [0.25, 0.3) is 10.0 Å². The Hall–Kier alpha value is -1.24. The number of nitrogens with two attached hydrogens (primary N) is 1. The van der Waals surface area contributed by atoms with E-state index in [-0.39, 0.29) is 10.6 Å². The van der Waals surface area contributed by atoms with E-state index >= 15 is 0 Å². The van der Waals surface area contributed by atoms with Crippen LogP contribution in [0.15, 0.2) is 51.8 Å². The Morgan fingerprint density at radius 1 is 1.16 bits per heavy atom. The molecule has 2 aromatic rings. The van der Waals surface area contributed by atoms with Gasteiger partial charge in [0.1, 0.15) is 0 Å². The molecule has 3 N–H and O–H groups in total. The molecule has 0 aliphatic carbocycles. The van der Waals surface area contributed by atoms with E-state index in [1.165, 1.54) is 18.2 Å². The molecule has 0 aliphatic rings. The summed E-state index contributed by atoms with van der Waals surface area (Å²) in [6, 6.07) is 11.1. The SMILES string of the molecule is Nc1cc(S(=O)(=O)Nc2ccccc2Br)ccc1Cl. The van der Waals surface area contributed by atoms with Crippen LogP contribution in [0.5, 0.6) is 0 Å². The Bertz CT molecular complexity index is 719. The number of benzene rings is 2.